The maximum atomic E-state index is 9.02. The lowest BCUT2D eigenvalue weighted by Crippen LogP contribution is -1.91. The van der Waals surface area contributed by atoms with Crippen molar-refractivity contribution in [1.82, 2.24) is 0 Å². The monoisotopic (exact) mass is 445 g/mol. The van der Waals surface area contributed by atoms with E-state index in [2.05, 4.69) is 133 Å². The van der Waals surface area contributed by atoms with E-state index < -0.39 is 0 Å². The minimum absolute atomic E-state index is 0.433. The summed E-state index contributed by atoms with van der Waals surface area (Å²) in [6.07, 6.45) is 0.433. The van der Waals surface area contributed by atoms with E-state index in [0.29, 0.717) is 6.42 Å². The van der Waals surface area contributed by atoms with Crippen LogP contribution in [0.2, 0.25) is 0 Å². The molecule has 0 atom stereocenters. The van der Waals surface area contributed by atoms with Crippen molar-refractivity contribution < 1.29 is 0 Å². The highest BCUT2D eigenvalue weighted by Gasteiger charge is 2.17. The number of nitrogens with zero attached hydrogens (tertiary/aromatic N) is 1. The van der Waals surface area contributed by atoms with E-state index in [1.54, 1.807) is 0 Å². The van der Waals surface area contributed by atoms with Gasteiger partial charge in [-0.3, -0.25) is 0 Å². The topological polar surface area (TPSA) is 23.8 Å². The molecular weight excluding hydrogens is 422 g/mol. The lowest BCUT2D eigenvalue weighted by atomic mass is 9.85. The number of benzene rings is 6. The molecule has 0 aliphatic carbocycles. The number of fused-ring (bicyclic) bond motifs is 2. The van der Waals surface area contributed by atoms with Crippen LogP contribution in [0.1, 0.15) is 5.56 Å². The van der Waals surface area contributed by atoms with Gasteiger partial charge in [-0.15, -0.1) is 0 Å². The van der Waals surface area contributed by atoms with Gasteiger partial charge in [-0.05, 0) is 66.6 Å². The van der Waals surface area contributed by atoms with Gasteiger partial charge in [-0.1, -0.05) is 121 Å². The first-order valence-corrected chi connectivity index (χ1v) is 11.9. The highest BCUT2D eigenvalue weighted by atomic mass is 14.2. The summed E-state index contributed by atoms with van der Waals surface area (Å²) in [5.41, 5.74) is 8.34. The Hall–Kier alpha value is -4.67. The quantitative estimate of drug-likeness (QED) is 0.248. The van der Waals surface area contributed by atoms with Crippen molar-refractivity contribution in [1.29, 1.82) is 5.26 Å². The average molecular weight is 446 g/mol. The number of rotatable bonds is 4. The molecule has 0 fully saturated rings. The Kier molecular flexibility index (Phi) is 5.34. The lowest BCUT2D eigenvalue weighted by molar-refractivity contribution is 1.26. The molecule has 6 rings (SSSR count). The van der Waals surface area contributed by atoms with Crippen LogP contribution in [0.15, 0.2) is 127 Å². The van der Waals surface area contributed by atoms with Crippen LogP contribution in [0.3, 0.4) is 0 Å². The first-order chi connectivity index (χ1) is 17.3. The number of hydrogen-bond acceptors (Lipinski definition) is 1. The van der Waals surface area contributed by atoms with E-state index >= 15 is 0 Å². The summed E-state index contributed by atoms with van der Waals surface area (Å²) in [5, 5.41) is 14.0. The molecule has 164 valence electrons. The zero-order valence-electron chi connectivity index (χ0n) is 19.3. The highest BCUT2D eigenvalue weighted by molar-refractivity contribution is 6.21. The van der Waals surface area contributed by atoms with Crippen LogP contribution in [0.5, 0.6) is 0 Å². The van der Waals surface area contributed by atoms with Crippen LogP contribution in [0.25, 0.3) is 54.9 Å². The minimum Gasteiger partial charge on any atom is -0.198 e. The van der Waals surface area contributed by atoms with E-state index in [0.717, 1.165) is 11.1 Å². The normalized spacial score (nSPS) is 10.9. The van der Waals surface area contributed by atoms with Gasteiger partial charge in [0, 0.05) is 0 Å². The van der Waals surface area contributed by atoms with E-state index in [4.69, 9.17) is 5.26 Å². The first kappa shape index (κ1) is 20.9. The SMILES string of the molecule is N#CCc1ccc(-c2ccc3c(-c4ccccc4)c4ccccc4c(-c4ccccc4)c3c2)cc1. The van der Waals surface area contributed by atoms with Crippen molar-refractivity contribution in [3.05, 3.63) is 133 Å². The van der Waals surface area contributed by atoms with Crippen molar-refractivity contribution in [2.45, 2.75) is 6.42 Å². The van der Waals surface area contributed by atoms with E-state index in [-0.39, 0.29) is 0 Å². The second-order valence-electron chi connectivity index (χ2n) is 8.82. The largest absolute Gasteiger partial charge is 0.198 e. The lowest BCUT2D eigenvalue weighted by Gasteiger charge is -2.18. The predicted molar refractivity (Wildman–Crippen MR) is 147 cm³/mol. The fourth-order valence-corrected chi connectivity index (χ4v) is 5.10. The van der Waals surface area contributed by atoms with Gasteiger partial charge in [0.05, 0.1) is 12.5 Å². The maximum absolute atomic E-state index is 9.02. The molecule has 6 aromatic rings. The third kappa shape index (κ3) is 3.76. The van der Waals surface area contributed by atoms with Crippen molar-refractivity contribution in [3.63, 3.8) is 0 Å². The Balaban J connectivity index is 1.70. The average Bonchev–Trinajstić information content (AvgIpc) is 2.93. The smallest absolute Gasteiger partial charge is 0.0669 e. The Morgan fingerprint density at radius 2 is 0.914 bits per heavy atom. The predicted octanol–water partition coefficient (Wildman–Crippen LogP) is 9.06. The van der Waals surface area contributed by atoms with Crippen LogP contribution in [-0.4, -0.2) is 0 Å². The van der Waals surface area contributed by atoms with Gasteiger partial charge in [-0.2, -0.15) is 5.26 Å². The summed E-state index contributed by atoms with van der Waals surface area (Å²) in [4.78, 5) is 0. The van der Waals surface area contributed by atoms with Gasteiger partial charge in [0.15, 0.2) is 0 Å². The zero-order chi connectivity index (χ0) is 23.6. The van der Waals surface area contributed by atoms with Crippen LogP contribution >= 0.6 is 0 Å². The molecule has 0 aliphatic heterocycles. The number of hydrogen-bond donors (Lipinski definition) is 0. The summed E-state index contributed by atoms with van der Waals surface area (Å²) in [6, 6.07) is 47.5. The standard InChI is InChI=1S/C34H23N/c35-22-21-24-15-17-25(18-16-24)28-19-20-31-32(23-28)34(27-11-5-2-6-12-27)30-14-8-7-13-29(30)33(31)26-9-3-1-4-10-26/h1-20,23H,21H2. The Morgan fingerprint density at radius 1 is 0.429 bits per heavy atom. The third-order valence-corrected chi connectivity index (χ3v) is 6.72. The van der Waals surface area contributed by atoms with Gasteiger partial charge in [-0.25, -0.2) is 0 Å². The Bertz CT molecular complexity index is 1690. The molecule has 35 heavy (non-hydrogen) atoms. The molecule has 0 amide bonds. The molecule has 6 aromatic carbocycles. The second-order valence-corrected chi connectivity index (χ2v) is 8.82. The van der Waals surface area contributed by atoms with Crippen LogP contribution in [0.4, 0.5) is 0 Å². The van der Waals surface area contributed by atoms with Gasteiger partial charge in [0.25, 0.3) is 0 Å². The van der Waals surface area contributed by atoms with Gasteiger partial charge in [0.1, 0.15) is 0 Å². The molecule has 0 saturated heterocycles. The highest BCUT2D eigenvalue weighted by Crippen LogP contribution is 2.44. The summed E-state index contributed by atoms with van der Waals surface area (Å²) < 4.78 is 0. The van der Waals surface area contributed by atoms with Gasteiger partial charge >= 0.3 is 0 Å². The first-order valence-electron chi connectivity index (χ1n) is 11.9. The third-order valence-electron chi connectivity index (χ3n) is 6.72. The maximum Gasteiger partial charge on any atom is 0.0669 e. The Morgan fingerprint density at radius 3 is 1.49 bits per heavy atom. The van der Waals surface area contributed by atoms with Gasteiger partial charge < -0.3 is 0 Å². The molecular formula is C34H23N. The minimum atomic E-state index is 0.433. The Labute approximate surface area is 205 Å². The van der Waals surface area contributed by atoms with Gasteiger partial charge in [0.2, 0.25) is 0 Å². The van der Waals surface area contributed by atoms with Crippen molar-refractivity contribution >= 4 is 21.5 Å². The van der Waals surface area contributed by atoms with Crippen molar-refractivity contribution in [3.8, 4) is 39.4 Å². The molecule has 0 heterocycles. The summed E-state index contributed by atoms with van der Waals surface area (Å²) >= 11 is 0. The number of nitriles is 1. The molecule has 0 aromatic heterocycles. The molecule has 1 heteroatoms. The van der Waals surface area contributed by atoms with E-state index in [1.807, 2.05) is 0 Å². The molecule has 0 unspecified atom stereocenters. The summed E-state index contributed by atoms with van der Waals surface area (Å²) in [6.45, 7) is 0. The van der Waals surface area contributed by atoms with E-state index in [1.165, 1.54) is 49.4 Å². The summed E-state index contributed by atoms with van der Waals surface area (Å²) in [7, 11) is 0. The fraction of sp³-hybridized carbons (Fsp3) is 0.0294. The molecule has 1 nitrogen and oxygen atoms in total. The molecule has 0 bridgehead atoms. The van der Waals surface area contributed by atoms with Crippen LogP contribution < -0.4 is 0 Å². The zero-order valence-corrected chi connectivity index (χ0v) is 19.3. The van der Waals surface area contributed by atoms with Crippen LogP contribution in [-0.2, 0) is 6.42 Å². The van der Waals surface area contributed by atoms with Crippen molar-refractivity contribution in [2.75, 3.05) is 0 Å². The van der Waals surface area contributed by atoms with E-state index in [9.17, 15) is 0 Å². The summed E-state index contributed by atoms with van der Waals surface area (Å²) in [5.74, 6) is 0. The molecule has 0 aliphatic rings. The van der Waals surface area contributed by atoms with Crippen LogP contribution in [0, 0.1) is 11.3 Å². The molecule has 0 saturated carbocycles. The molecule has 0 spiro atoms. The fourth-order valence-electron chi connectivity index (χ4n) is 5.10. The molecule has 0 N–H and O–H groups in total. The van der Waals surface area contributed by atoms with Crippen molar-refractivity contribution in [2.24, 2.45) is 0 Å². The molecule has 0 radical (unpaired) electrons. The second kappa shape index (κ2) is 8.93.